The number of nitrogens with one attached hydrogen (secondary N) is 1. The average Bonchev–Trinajstić information content (AvgIpc) is 2.51. The maximum atomic E-state index is 11.8. The summed E-state index contributed by atoms with van der Waals surface area (Å²) in [5.41, 5.74) is 0. The molecule has 1 atom stereocenters. The van der Waals surface area contributed by atoms with Crippen molar-refractivity contribution in [3.8, 4) is 0 Å². The molecule has 0 bridgehead atoms. The summed E-state index contributed by atoms with van der Waals surface area (Å²) in [6.07, 6.45) is 1.25. The first kappa shape index (κ1) is 14.0. The van der Waals surface area contributed by atoms with E-state index in [0.29, 0.717) is 5.02 Å². The molecule has 0 radical (unpaired) electrons. The Hall–Kier alpha value is -0.100. The maximum absolute atomic E-state index is 11.8. The van der Waals surface area contributed by atoms with Crippen LogP contribution >= 0.6 is 22.9 Å². The first-order valence-corrected chi connectivity index (χ1v) is 7.96. The third kappa shape index (κ3) is 2.42. The fraction of sp³-hybridized carbons (Fsp3) is 0.600. The summed E-state index contributed by atoms with van der Waals surface area (Å²) in [7, 11) is -1.43. The van der Waals surface area contributed by atoms with Crippen molar-refractivity contribution in [3.63, 3.8) is 0 Å². The van der Waals surface area contributed by atoms with E-state index >= 15 is 0 Å². The Morgan fingerprint density at radius 3 is 2.38 bits per heavy atom. The molecule has 1 N–H and O–H groups in total. The molecule has 1 aromatic rings. The third-order valence-electron chi connectivity index (χ3n) is 2.85. The van der Waals surface area contributed by atoms with Crippen LogP contribution in [0.25, 0.3) is 0 Å². The highest BCUT2D eigenvalue weighted by atomic mass is 35.5. The molecule has 1 heterocycles. The van der Waals surface area contributed by atoms with Gasteiger partial charge in [-0.25, -0.2) is 8.42 Å². The van der Waals surface area contributed by atoms with Gasteiger partial charge in [-0.3, -0.25) is 0 Å². The van der Waals surface area contributed by atoms with Gasteiger partial charge in [0.25, 0.3) is 0 Å². The number of rotatable bonds is 4. The smallest absolute Gasteiger partial charge is 0.154 e. The van der Waals surface area contributed by atoms with E-state index in [2.05, 4.69) is 5.32 Å². The van der Waals surface area contributed by atoms with Crippen LogP contribution in [-0.4, -0.2) is 26.5 Å². The molecule has 0 aliphatic rings. The van der Waals surface area contributed by atoms with E-state index in [0.717, 1.165) is 4.88 Å². The van der Waals surface area contributed by atoms with Crippen LogP contribution in [0.15, 0.2) is 11.4 Å². The molecule has 3 nitrogen and oxygen atoms in total. The Balaban J connectivity index is 3.24. The van der Waals surface area contributed by atoms with Crippen LogP contribution in [0.2, 0.25) is 5.02 Å². The molecular weight excluding hydrogens is 266 g/mol. The molecule has 0 spiro atoms. The van der Waals surface area contributed by atoms with Crippen LogP contribution in [0.4, 0.5) is 0 Å². The van der Waals surface area contributed by atoms with Gasteiger partial charge in [-0.1, -0.05) is 11.6 Å². The zero-order valence-corrected chi connectivity index (χ0v) is 12.1. The van der Waals surface area contributed by atoms with Gasteiger partial charge < -0.3 is 5.32 Å². The van der Waals surface area contributed by atoms with Crippen molar-refractivity contribution in [1.82, 2.24) is 5.32 Å². The second-order valence-corrected chi connectivity index (χ2v) is 8.18. The van der Waals surface area contributed by atoms with Crippen LogP contribution in [0.5, 0.6) is 0 Å². The predicted octanol–water partition coefficient (Wildman–Crippen LogP) is 2.49. The highest BCUT2D eigenvalue weighted by Gasteiger charge is 2.40. The number of hydrogen-bond donors (Lipinski definition) is 1. The van der Waals surface area contributed by atoms with Crippen molar-refractivity contribution in [2.75, 3.05) is 13.3 Å². The molecule has 0 fully saturated rings. The first-order chi connectivity index (χ1) is 7.21. The fourth-order valence-electron chi connectivity index (χ4n) is 1.52. The van der Waals surface area contributed by atoms with Gasteiger partial charge in [0.15, 0.2) is 9.84 Å². The molecule has 0 amide bonds. The standard InChI is InChI=1S/C10H16ClNO2S2/c1-10(2,16(4,13)14)9(12-3)8-7(11)5-6-15-8/h5-6,9,12H,1-4H3. The minimum Gasteiger partial charge on any atom is -0.311 e. The number of halogens is 1. The van der Waals surface area contributed by atoms with E-state index in [9.17, 15) is 8.42 Å². The Morgan fingerprint density at radius 2 is 2.06 bits per heavy atom. The second-order valence-electron chi connectivity index (χ2n) is 4.23. The van der Waals surface area contributed by atoms with E-state index in [-0.39, 0.29) is 6.04 Å². The van der Waals surface area contributed by atoms with Crippen LogP contribution in [0.1, 0.15) is 24.8 Å². The van der Waals surface area contributed by atoms with Crippen LogP contribution in [0, 0.1) is 0 Å². The molecule has 0 aromatic carbocycles. The van der Waals surface area contributed by atoms with Crippen molar-refractivity contribution in [2.45, 2.75) is 24.6 Å². The Morgan fingerprint density at radius 1 is 1.50 bits per heavy atom. The Kier molecular flexibility index (Phi) is 4.05. The monoisotopic (exact) mass is 281 g/mol. The van der Waals surface area contributed by atoms with Gasteiger partial charge >= 0.3 is 0 Å². The Bertz CT molecular complexity index is 465. The lowest BCUT2D eigenvalue weighted by Gasteiger charge is -2.32. The van der Waals surface area contributed by atoms with E-state index in [1.165, 1.54) is 17.6 Å². The van der Waals surface area contributed by atoms with Gasteiger partial charge in [0, 0.05) is 11.1 Å². The lowest BCUT2D eigenvalue weighted by Crippen LogP contribution is -2.43. The van der Waals surface area contributed by atoms with Gasteiger partial charge in [-0.2, -0.15) is 0 Å². The van der Waals surface area contributed by atoms with E-state index in [1.807, 2.05) is 5.38 Å². The molecule has 0 saturated carbocycles. The normalized spacial score (nSPS) is 15.1. The van der Waals surface area contributed by atoms with E-state index < -0.39 is 14.6 Å². The molecule has 1 aromatic heterocycles. The van der Waals surface area contributed by atoms with Gasteiger partial charge in [0.2, 0.25) is 0 Å². The molecule has 6 heteroatoms. The molecule has 1 unspecified atom stereocenters. The average molecular weight is 282 g/mol. The van der Waals surface area contributed by atoms with Crippen LogP contribution < -0.4 is 5.32 Å². The summed E-state index contributed by atoms with van der Waals surface area (Å²) < 4.78 is 22.7. The minimum absolute atomic E-state index is 0.296. The quantitative estimate of drug-likeness (QED) is 0.922. The molecule has 16 heavy (non-hydrogen) atoms. The highest BCUT2D eigenvalue weighted by Crippen LogP contribution is 2.38. The fourth-order valence-corrected chi connectivity index (χ4v) is 3.72. The largest absolute Gasteiger partial charge is 0.311 e. The molecule has 92 valence electrons. The SMILES string of the molecule is CNC(c1sccc1Cl)C(C)(C)S(C)(=O)=O. The molecular formula is C10H16ClNO2S2. The van der Waals surface area contributed by atoms with Crippen molar-refractivity contribution < 1.29 is 8.42 Å². The summed E-state index contributed by atoms with van der Waals surface area (Å²) in [6, 6.07) is 1.49. The van der Waals surface area contributed by atoms with Crippen LogP contribution in [0.3, 0.4) is 0 Å². The topological polar surface area (TPSA) is 46.2 Å². The first-order valence-electron chi connectivity index (χ1n) is 4.81. The Labute approximate surface area is 106 Å². The lowest BCUT2D eigenvalue weighted by molar-refractivity contribution is 0.451. The molecule has 0 aliphatic heterocycles. The van der Waals surface area contributed by atoms with E-state index in [1.54, 1.807) is 27.0 Å². The zero-order chi connectivity index (χ0) is 12.6. The molecule has 0 saturated heterocycles. The maximum Gasteiger partial charge on any atom is 0.154 e. The minimum atomic E-state index is -3.17. The summed E-state index contributed by atoms with van der Waals surface area (Å²) in [5.74, 6) is 0. The summed E-state index contributed by atoms with van der Waals surface area (Å²) >= 11 is 7.51. The summed E-state index contributed by atoms with van der Waals surface area (Å²) in [4.78, 5) is 0.861. The molecule has 0 aliphatic carbocycles. The van der Waals surface area contributed by atoms with Gasteiger partial charge in [-0.05, 0) is 32.3 Å². The highest BCUT2D eigenvalue weighted by molar-refractivity contribution is 7.92. The van der Waals surface area contributed by atoms with Crippen molar-refractivity contribution >= 4 is 32.8 Å². The third-order valence-corrected chi connectivity index (χ3v) is 6.42. The van der Waals surface area contributed by atoms with Gasteiger partial charge in [0.05, 0.1) is 15.8 Å². The van der Waals surface area contributed by atoms with Gasteiger partial charge in [0.1, 0.15) is 0 Å². The number of sulfone groups is 1. The summed E-state index contributed by atoms with van der Waals surface area (Å²) in [6.45, 7) is 3.42. The molecule has 1 rings (SSSR count). The number of thiophene rings is 1. The van der Waals surface area contributed by atoms with Crippen molar-refractivity contribution in [2.24, 2.45) is 0 Å². The zero-order valence-electron chi connectivity index (χ0n) is 9.74. The lowest BCUT2D eigenvalue weighted by atomic mass is 10.0. The number of hydrogen-bond acceptors (Lipinski definition) is 4. The van der Waals surface area contributed by atoms with Crippen molar-refractivity contribution in [1.29, 1.82) is 0 Å². The summed E-state index contributed by atoms with van der Waals surface area (Å²) in [5, 5.41) is 5.51. The van der Waals surface area contributed by atoms with Crippen LogP contribution in [-0.2, 0) is 9.84 Å². The van der Waals surface area contributed by atoms with Gasteiger partial charge in [-0.15, -0.1) is 11.3 Å². The second kappa shape index (κ2) is 4.64. The predicted molar refractivity (Wildman–Crippen MR) is 70.1 cm³/mol. The van der Waals surface area contributed by atoms with E-state index in [4.69, 9.17) is 11.6 Å². The van der Waals surface area contributed by atoms with Crippen molar-refractivity contribution in [3.05, 3.63) is 21.3 Å².